The molecule has 2 aromatic carbocycles. The van der Waals surface area contributed by atoms with E-state index in [9.17, 15) is 0 Å². The van der Waals surface area contributed by atoms with Gasteiger partial charge in [-0.05, 0) is 59.7 Å². The molecule has 7 nitrogen and oxygen atoms in total. The molecular weight excluding hydrogens is 434 g/mol. The van der Waals surface area contributed by atoms with Gasteiger partial charge >= 0.3 is 0 Å². The van der Waals surface area contributed by atoms with Crippen molar-refractivity contribution in [2.24, 2.45) is 0 Å². The molecule has 0 saturated carbocycles. The van der Waals surface area contributed by atoms with Crippen molar-refractivity contribution in [1.29, 1.82) is 0 Å². The number of benzene rings is 2. The number of hydrogen-bond donors (Lipinski definition) is 0. The molecule has 0 saturated heterocycles. The van der Waals surface area contributed by atoms with Crippen molar-refractivity contribution in [1.82, 2.24) is 4.98 Å². The minimum absolute atomic E-state index is 0.555. The van der Waals surface area contributed by atoms with E-state index in [1.54, 1.807) is 42.7 Å². The van der Waals surface area contributed by atoms with Crippen molar-refractivity contribution < 1.29 is 28.4 Å². The third-order valence-corrected chi connectivity index (χ3v) is 5.06. The third kappa shape index (κ3) is 5.61. The van der Waals surface area contributed by atoms with Gasteiger partial charge in [-0.1, -0.05) is 18.2 Å². The van der Waals surface area contributed by atoms with Gasteiger partial charge in [0, 0.05) is 0 Å². The molecule has 0 amide bonds. The topological polar surface area (TPSA) is 68.3 Å². The molecule has 0 spiro atoms. The van der Waals surface area contributed by atoms with Gasteiger partial charge in [0.2, 0.25) is 11.5 Å². The fourth-order valence-corrected chi connectivity index (χ4v) is 3.41. The first-order valence-corrected chi connectivity index (χ1v) is 10.5. The van der Waals surface area contributed by atoms with Gasteiger partial charge in [0.1, 0.15) is 0 Å². The number of ether oxygens (including phenoxy) is 6. The van der Waals surface area contributed by atoms with Crippen LogP contribution in [0.25, 0.3) is 24.3 Å². The molecule has 0 aliphatic carbocycles. The molecule has 0 atom stereocenters. The number of hydrogen-bond acceptors (Lipinski definition) is 7. The molecule has 3 rings (SSSR count). The fraction of sp³-hybridized carbons (Fsp3) is 0.222. The molecule has 178 valence electrons. The second kappa shape index (κ2) is 11.7. The zero-order valence-electron chi connectivity index (χ0n) is 20.2. The summed E-state index contributed by atoms with van der Waals surface area (Å²) < 4.78 is 32.5. The SMILES string of the molecule is COc1cc(/C=C/c2cccc(/C=C/c3cc(OC)c(OC)c(OC)c3)n2)cc(OC)c1OC. The maximum absolute atomic E-state index is 5.42. The summed E-state index contributed by atoms with van der Waals surface area (Å²) in [4.78, 5) is 4.69. The van der Waals surface area contributed by atoms with Crippen LogP contribution in [0.5, 0.6) is 34.5 Å². The lowest BCUT2D eigenvalue weighted by atomic mass is 10.1. The van der Waals surface area contributed by atoms with Crippen LogP contribution >= 0.6 is 0 Å². The van der Waals surface area contributed by atoms with E-state index >= 15 is 0 Å². The van der Waals surface area contributed by atoms with Gasteiger partial charge in [0.25, 0.3) is 0 Å². The zero-order valence-corrected chi connectivity index (χ0v) is 20.2. The highest BCUT2D eigenvalue weighted by Gasteiger charge is 2.13. The lowest BCUT2D eigenvalue weighted by Gasteiger charge is -2.12. The first-order valence-electron chi connectivity index (χ1n) is 10.5. The zero-order chi connectivity index (χ0) is 24.5. The van der Waals surface area contributed by atoms with Crippen LogP contribution in [0.4, 0.5) is 0 Å². The van der Waals surface area contributed by atoms with Crippen LogP contribution < -0.4 is 28.4 Å². The second-order valence-corrected chi connectivity index (χ2v) is 7.07. The molecule has 1 aromatic heterocycles. The van der Waals surface area contributed by atoms with E-state index in [1.165, 1.54) is 0 Å². The maximum atomic E-state index is 5.42. The van der Waals surface area contributed by atoms with Crippen molar-refractivity contribution in [3.63, 3.8) is 0 Å². The maximum Gasteiger partial charge on any atom is 0.203 e. The van der Waals surface area contributed by atoms with Crippen LogP contribution in [-0.4, -0.2) is 47.6 Å². The van der Waals surface area contributed by atoms with E-state index in [-0.39, 0.29) is 0 Å². The molecule has 0 unspecified atom stereocenters. The molecule has 0 aliphatic rings. The summed E-state index contributed by atoms with van der Waals surface area (Å²) in [6.07, 6.45) is 7.74. The highest BCUT2D eigenvalue weighted by Crippen LogP contribution is 2.39. The number of nitrogens with zero attached hydrogens (tertiary/aromatic N) is 1. The lowest BCUT2D eigenvalue weighted by Crippen LogP contribution is -1.95. The Hall–Kier alpha value is -4.13. The average Bonchev–Trinajstić information content (AvgIpc) is 2.89. The van der Waals surface area contributed by atoms with Crippen molar-refractivity contribution in [2.75, 3.05) is 42.7 Å². The molecule has 0 aliphatic heterocycles. The van der Waals surface area contributed by atoms with Gasteiger partial charge in [-0.2, -0.15) is 0 Å². The van der Waals surface area contributed by atoms with E-state index < -0.39 is 0 Å². The Balaban J connectivity index is 1.85. The van der Waals surface area contributed by atoms with Crippen molar-refractivity contribution in [2.45, 2.75) is 0 Å². The molecular formula is C27H29NO6. The summed E-state index contributed by atoms with van der Waals surface area (Å²) in [5.41, 5.74) is 3.41. The van der Waals surface area contributed by atoms with Crippen LogP contribution in [0.3, 0.4) is 0 Å². The molecule has 34 heavy (non-hydrogen) atoms. The van der Waals surface area contributed by atoms with Crippen LogP contribution in [0.1, 0.15) is 22.5 Å². The van der Waals surface area contributed by atoms with E-state index in [0.29, 0.717) is 34.5 Å². The first kappa shape index (κ1) is 24.5. The van der Waals surface area contributed by atoms with Gasteiger partial charge in [-0.25, -0.2) is 4.98 Å². The average molecular weight is 464 g/mol. The van der Waals surface area contributed by atoms with Crippen LogP contribution in [-0.2, 0) is 0 Å². The molecule has 0 bridgehead atoms. The molecule has 3 aromatic rings. The van der Waals surface area contributed by atoms with Crippen molar-refractivity contribution in [3.05, 3.63) is 65.0 Å². The van der Waals surface area contributed by atoms with Gasteiger partial charge < -0.3 is 28.4 Å². The summed E-state index contributed by atoms with van der Waals surface area (Å²) in [6, 6.07) is 13.4. The quantitative estimate of drug-likeness (QED) is 0.395. The lowest BCUT2D eigenvalue weighted by molar-refractivity contribution is 0.324. The van der Waals surface area contributed by atoms with E-state index in [4.69, 9.17) is 33.4 Å². The number of rotatable bonds is 10. The second-order valence-electron chi connectivity index (χ2n) is 7.07. The smallest absolute Gasteiger partial charge is 0.203 e. The summed E-state index contributed by atoms with van der Waals surface area (Å²) >= 11 is 0. The van der Waals surface area contributed by atoms with Gasteiger partial charge in [0.05, 0.1) is 54.0 Å². The Morgan fingerprint density at radius 1 is 0.500 bits per heavy atom. The van der Waals surface area contributed by atoms with Crippen molar-refractivity contribution in [3.8, 4) is 34.5 Å². The Labute approximate surface area is 200 Å². The molecule has 7 heteroatoms. The van der Waals surface area contributed by atoms with Crippen LogP contribution in [0.15, 0.2) is 42.5 Å². The van der Waals surface area contributed by atoms with E-state index in [2.05, 4.69) is 0 Å². The Morgan fingerprint density at radius 3 is 1.15 bits per heavy atom. The monoisotopic (exact) mass is 463 g/mol. The Morgan fingerprint density at radius 2 is 0.853 bits per heavy atom. The van der Waals surface area contributed by atoms with E-state index in [1.807, 2.05) is 66.8 Å². The normalized spacial score (nSPS) is 11.0. The van der Waals surface area contributed by atoms with Crippen molar-refractivity contribution >= 4 is 24.3 Å². The summed E-state index contributed by atoms with van der Waals surface area (Å²) in [7, 11) is 9.53. The number of methoxy groups -OCH3 is 6. The first-order chi connectivity index (χ1) is 16.6. The minimum Gasteiger partial charge on any atom is -0.493 e. The Kier molecular flexibility index (Phi) is 8.40. The number of aromatic nitrogens is 1. The van der Waals surface area contributed by atoms with E-state index in [0.717, 1.165) is 22.5 Å². The van der Waals surface area contributed by atoms with Crippen LogP contribution in [0, 0.1) is 0 Å². The highest BCUT2D eigenvalue weighted by molar-refractivity contribution is 5.74. The Bertz CT molecular complexity index is 1050. The van der Waals surface area contributed by atoms with Gasteiger partial charge in [-0.15, -0.1) is 0 Å². The highest BCUT2D eigenvalue weighted by atomic mass is 16.5. The predicted molar refractivity (Wildman–Crippen MR) is 134 cm³/mol. The summed E-state index contributed by atoms with van der Waals surface area (Å²) in [5, 5.41) is 0. The standard InChI is InChI=1S/C27H29NO6/c1-29-22-14-18(15-23(30-2)26(22)33-5)10-12-20-8-7-9-21(28-20)13-11-19-16-24(31-3)27(34-6)25(17-19)32-4/h7-17H,1-6H3/b12-10+,13-11+. The fourth-order valence-electron chi connectivity index (χ4n) is 3.41. The predicted octanol–water partition coefficient (Wildman–Crippen LogP) is 5.47. The molecule has 1 heterocycles. The molecule has 0 fully saturated rings. The molecule has 0 N–H and O–H groups in total. The third-order valence-electron chi connectivity index (χ3n) is 5.06. The summed E-state index contributed by atoms with van der Waals surface area (Å²) in [5.74, 6) is 3.49. The van der Waals surface area contributed by atoms with Gasteiger partial charge in [-0.3, -0.25) is 0 Å². The number of pyridine rings is 1. The summed E-state index contributed by atoms with van der Waals surface area (Å²) in [6.45, 7) is 0. The largest absolute Gasteiger partial charge is 0.493 e. The van der Waals surface area contributed by atoms with Crippen LogP contribution in [0.2, 0.25) is 0 Å². The van der Waals surface area contributed by atoms with Gasteiger partial charge in [0.15, 0.2) is 23.0 Å². The molecule has 0 radical (unpaired) electrons. The minimum atomic E-state index is 0.555.